The first-order valence-electron chi connectivity index (χ1n) is 9.17. The molecule has 0 aliphatic carbocycles. The average molecular weight is 397 g/mol. The molecular weight excluding hydrogens is 373 g/mol. The normalized spacial score (nSPS) is 11.4. The van der Waals surface area contributed by atoms with Crippen LogP contribution in [0.5, 0.6) is 5.75 Å². The van der Waals surface area contributed by atoms with Gasteiger partial charge in [-0.25, -0.2) is 13.9 Å². The van der Waals surface area contributed by atoms with Crippen LogP contribution in [-0.2, 0) is 5.41 Å². The Morgan fingerprint density at radius 3 is 2.48 bits per heavy atom. The van der Waals surface area contributed by atoms with Gasteiger partial charge in [0.25, 0.3) is 0 Å². The number of nitrogens with one attached hydrogen (secondary N) is 1. The van der Waals surface area contributed by atoms with Gasteiger partial charge < -0.3 is 15.2 Å². The first kappa shape index (κ1) is 20.4. The number of carboxylic acid groups (broad SMARTS) is 1. The van der Waals surface area contributed by atoms with E-state index >= 15 is 4.39 Å². The Bertz CT molecular complexity index is 1070. The van der Waals surface area contributed by atoms with E-state index in [9.17, 15) is 9.90 Å². The van der Waals surface area contributed by atoms with Crippen molar-refractivity contribution in [2.75, 3.05) is 12.4 Å². The third kappa shape index (κ3) is 3.94. The monoisotopic (exact) mass is 397 g/mol. The van der Waals surface area contributed by atoms with Gasteiger partial charge in [-0.2, -0.15) is 5.10 Å². The fourth-order valence-corrected chi connectivity index (χ4v) is 3.03. The second-order valence-electron chi connectivity index (χ2n) is 7.80. The maximum atomic E-state index is 15.5. The van der Waals surface area contributed by atoms with Crippen LogP contribution in [0.4, 0.5) is 15.9 Å². The van der Waals surface area contributed by atoms with Crippen molar-refractivity contribution in [1.29, 1.82) is 0 Å². The number of hydrogen-bond acceptors (Lipinski definition) is 4. The molecule has 0 amide bonds. The maximum absolute atomic E-state index is 15.5. The minimum absolute atomic E-state index is 0.0291. The predicted molar refractivity (Wildman–Crippen MR) is 110 cm³/mol. The van der Waals surface area contributed by atoms with Gasteiger partial charge in [-0.15, -0.1) is 0 Å². The number of aromatic nitrogens is 2. The highest BCUT2D eigenvalue weighted by Crippen LogP contribution is 2.34. The van der Waals surface area contributed by atoms with Crippen molar-refractivity contribution in [3.63, 3.8) is 0 Å². The third-order valence-electron chi connectivity index (χ3n) is 4.59. The molecule has 1 aromatic heterocycles. The number of nitrogens with zero attached hydrogens (tertiary/aromatic N) is 2. The fourth-order valence-electron chi connectivity index (χ4n) is 3.03. The quantitative estimate of drug-likeness (QED) is 0.629. The molecule has 29 heavy (non-hydrogen) atoms. The lowest BCUT2D eigenvalue weighted by atomic mass is 9.92. The summed E-state index contributed by atoms with van der Waals surface area (Å²) in [4.78, 5) is 11.7. The molecule has 0 radical (unpaired) electrons. The summed E-state index contributed by atoms with van der Waals surface area (Å²) < 4.78 is 22.0. The van der Waals surface area contributed by atoms with E-state index in [0.29, 0.717) is 11.4 Å². The van der Waals surface area contributed by atoms with E-state index in [2.05, 4.69) is 10.4 Å². The molecule has 0 saturated carbocycles. The Hall–Kier alpha value is -3.35. The minimum atomic E-state index is -1.15. The summed E-state index contributed by atoms with van der Waals surface area (Å²) in [5, 5.41) is 17.1. The van der Waals surface area contributed by atoms with Gasteiger partial charge in [0.2, 0.25) is 0 Å². The number of methoxy groups -OCH3 is 1. The molecule has 0 unspecified atom stereocenters. The van der Waals surface area contributed by atoms with E-state index in [0.717, 1.165) is 5.56 Å². The number of carboxylic acids is 1. The van der Waals surface area contributed by atoms with Crippen molar-refractivity contribution in [3.05, 3.63) is 65.1 Å². The van der Waals surface area contributed by atoms with E-state index in [1.165, 1.54) is 17.9 Å². The lowest BCUT2D eigenvalue weighted by molar-refractivity contribution is 0.0697. The van der Waals surface area contributed by atoms with Crippen molar-refractivity contribution in [2.45, 2.75) is 33.1 Å². The van der Waals surface area contributed by atoms with Crippen molar-refractivity contribution in [2.24, 2.45) is 0 Å². The van der Waals surface area contributed by atoms with Crippen molar-refractivity contribution in [3.8, 4) is 11.4 Å². The van der Waals surface area contributed by atoms with Crippen LogP contribution in [0.15, 0.2) is 42.5 Å². The molecule has 7 heteroatoms. The zero-order chi connectivity index (χ0) is 21.3. The number of benzene rings is 2. The molecule has 0 aliphatic heterocycles. The topological polar surface area (TPSA) is 76.4 Å². The second kappa shape index (κ2) is 7.58. The molecule has 0 aliphatic rings. The first-order valence-corrected chi connectivity index (χ1v) is 9.17. The summed E-state index contributed by atoms with van der Waals surface area (Å²) in [6, 6.07) is 12.0. The van der Waals surface area contributed by atoms with Gasteiger partial charge in [-0.1, -0.05) is 39.0 Å². The summed E-state index contributed by atoms with van der Waals surface area (Å²) in [5.41, 5.74) is 1.57. The number of halogens is 1. The van der Waals surface area contributed by atoms with E-state index in [1.807, 2.05) is 52.0 Å². The van der Waals surface area contributed by atoms with Crippen LogP contribution < -0.4 is 10.1 Å². The highest BCUT2D eigenvalue weighted by molar-refractivity contribution is 5.95. The minimum Gasteiger partial charge on any atom is -0.497 e. The molecule has 2 N–H and O–H groups in total. The number of aryl methyl sites for hydroxylation is 1. The molecule has 0 fully saturated rings. The van der Waals surface area contributed by atoms with E-state index < -0.39 is 17.2 Å². The molecule has 0 atom stereocenters. The smallest absolute Gasteiger partial charge is 0.337 e. The van der Waals surface area contributed by atoms with Crippen molar-refractivity contribution < 1.29 is 19.0 Å². The number of carbonyl (C=O) groups is 1. The van der Waals surface area contributed by atoms with E-state index in [1.54, 1.807) is 12.1 Å². The highest BCUT2D eigenvalue weighted by atomic mass is 19.1. The standard InChI is InChI=1S/C22H24FN3O3/c1-13-8-6-7-9-17(13)26-20(18(23)19(25-26)22(2,3)4)24-16-11-10-14(29-5)12-15(16)21(27)28/h6-12,24H,1-5H3,(H,27,28). The highest BCUT2D eigenvalue weighted by Gasteiger charge is 2.29. The molecule has 3 rings (SSSR count). The average Bonchev–Trinajstić information content (AvgIpc) is 2.99. The molecule has 1 heterocycles. The summed E-state index contributed by atoms with van der Waals surface area (Å²) in [6.07, 6.45) is 0. The molecule has 3 aromatic rings. The Kier molecular flexibility index (Phi) is 5.33. The van der Waals surface area contributed by atoms with Crippen LogP contribution in [-0.4, -0.2) is 28.0 Å². The zero-order valence-electron chi connectivity index (χ0n) is 17.1. The fraction of sp³-hybridized carbons (Fsp3) is 0.273. The summed E-state index contributed by atoms with van der Waals surface area (Å²) >= 11 is 0. The maximum Gasteiger partial charge on any atom is 0.337 e. The number of anilines is 2. The molecule has 0 spiro atoms. The van der Waals surface area contributed by atoms with Crippen LogP contribution in [0, 0.1) is 12.7 Å². The van der Waals surface area contributed by atoms with Crippen molar-refractivity contribution >= 4 is 17.5 Å². The number of rotatable bonds is 5. The van der Waals surface area contributed by atoms with E-state index in [-0.39, 0.29) is 22.8 Å². The first-order chi connectivity index (χ1) is 13.6. The van der Waals surface area contributed by atoms with Crippen LogP contribution >= 0.6 is 0 Å². The lowest BCUT2D eigenvalue weighted by Gasteiger charge is -2.14. The van der Waals surface area contributed by atoms with Gasteiger partial charge >= 0.3 is 5.97 Å². The summed E-state index contributed by atoms with van der Waals surface area (Å²) in [7, 11) is 1.45. The van der Waals surface area contributed by atoms with Crippen LogP contribution in [0.2, 0.25) is 0 Å². The molecule has 0 saturated heterocycles. The number of para-hydroxylation sites is 1. The summed E-state index contributed by atoms with van der Waals surface area (Å²) in [6.45, 7) is 7.53. The van der Waals surface area contributed by atoms with E-state index in [4.69, 9.17) is 4.74 Å². The molecule has 152 valence electrons. The predicted octanol–water partition coefficient (Wildman–Crippen LogP) is 5.07. The third-order valence-corrected chi connectivity index (χ3v) is 4.59. The Morgan fingerprint density at radius 2 is 1.90 bits per heavy atom. The number of ether oxygens (including phenoxy) is 1. The Labute approximate surface area is 168 Å². The lowest BCUT2D eigenvalue weighted by Crippen LogP contribution is -2.14. The van der Waals surface area contributed by atoms with Gasteiger partial charge in [0, 0.05) is 5.41 Å². The van der Waals surface area contributed by atoms with Gasteiger partial charge in [-0.3, -0.25) is 0 Å². The Morgan fingerprint density at radius 1 is 1.21 bits per heavy atom. The SMILES string of the molecule is COc1ccc(Nc2c(F)c(C(C)(C)C)nn2-c2ccccc2C)c(C(=O)O)c1. The van der Waals surface area contributed by atoms with Gasteiger partial charge in [0.05, 0.1) is 24.0 Å². The van der Waals surface area contributed by atoms with Crippen LogP contribution in [0.25, 0.3) is 5.69 Å². The zero-order valence-corrected chi connectivity index (χ0v) is 17.1. The molecular formula is C22H24FN3O3. The van der Waals surface area contributed by atoms with Crippen LogP contribution in [0.1, 0.15) is 42.4 Å². The summed E-state index contributed by atoms with van der Waals surface area (Å²) in [5.74, 6) is -1.19. The molecule has 6 nitrogen and oxygen atoms in total. The van der Waals surface area contributed by atoms with Gasteiger partial charge in [-0.05, 0) is 36.8 Å². The molecule has 2 aromatic carbocycles. The van der Waals surface area contributed by atoms with Crippen molar-refractivity contribution in [1.82, 2.24) is 9.78 Å². The largest absolute Gasteiger partial charge is 0.497 e. The van der Waals surface area contributed by atoms with Gasteiger partial charge in [0.1, 0.15) is 11.4 Å². The number of aromatic carboxylic acids is 1. The number of hydrogen-bond donors (Lipinski definition) is 2. The van der Waals surface area contributed by atoms with Crippen LogP contribution in [0.3, 0.4) is 0 Å². The Balaban J connectivity index is 2.21. The second-order valence-corrected chi connectivity index (χ2v) is 7.80. The van der Waals surface area contributed by atoms with Gasteiger partial charge in [0.15, 0.2) is 11.6 Å². The molecule has 0 bridgehead atoms.